The van der Waals surface area contributed by atoms with E-state index in [1.54, 1.807) is 41.3 Å². The Balaban J connectivity index is 1.83. The Kier molecular flexibility index (Phi) is 4.00. The second kappa shape index (κ2) is 6.59. The summed E-state index contributed by atoms with van der Waals surface area (Å²) in [4.78, 5) is 28.5. The zero-order valence-corrected chi connectivity index (χ0v) is 16.5. The van der Waals surface area contributed by atoms with Gasteiger partial charge >= 0.3 is 0 Å². The molecule has 1 N–H and O–H groups in total. The third-order valence-corrected chi connectivity index (χ3v) is 5.52. The van der Waals surface area contributed by atoms with Gasteiger partial charge in [-0.25, -0.2) is 0 Å². The number of aromatic hydroxyl groups is 1. The Hall–Kier alpha value is -3.86. The van der Waals surface area contributed by atoms with E-state index in [0.29, 0.717) is 27.8 Å². The van der Waals surface area contributed by atoms with Crippen LogP contribution in [0.15, 0.2) is 75.9 Å². The number of carbonyl (C=O) groups excluding carboxylic acids is 1. The molecule has 0 saturated heterocycles. The summed E-state index contributed by atoms with van der Waals surface area (Å²) in [5.74, 6) is -0.259. The number of hydrogen-bond donors (Lipinski definition) is 1. The van der Waals surface area contributed by atoms with Gasteiger partial charge in [0.05, 0.1) is 17.0 Å². The van der Waals surface area contributed by atoms with Crippen molar-refractivity contribution in [1.82, 2.24) is 0 Å². The number of phenols is 1. The first-order chi connectivity index (χ1) is 14.4. The molecule has 1 aliphatic rings. The van der Waals surface area contributed by atoms with E-state index in [9.17, 15) is 14.7 Å². The summed E-state index contributed by atoms with van der Waals surface area (Å²) in [6.45, 7) is 3.87. The quantitative estimate of drug-likeness (QED) is 0.524. The van der Waals surface area contributed by atoms with E-state index in [-0.39, 0.29) is 22.8 Å². The maximum absolute atomic E-state index is 13.5. The lowest BCUT2D eigenvalue weighted by atomic mass is 9.97. The average Bonchev–Trinajstić information content (AvgIpc) is 3.02. The fraction of sp³-hybridized carbons (Fsp3) is 0.120. The molecule has 5 heteroatoms. The normalized spacial score (nSPS) is 15.6. The van der Waals surface area contributed by atoms with Crippen molar-refractivity contribution in [1.29, 1.82) is 0 Å². The first-order valence-corrected chi connectivity index (χ1v) is 9.70. The van der Waals surface area contributed by atoms with Gasteiger partial charge in [0.2, 0.25) is 5.76 Å². The van der Waals surface area contributed by atoms with Crippen LogP contribution >= 0.6 is 0 Å². The zero-order valence-electron chi connectivity index (χ0n) is 16.5. The minimum atomic E-state index is -0.691. The molecule has 2 heterocycles. The molecule has 0 bridgehead atoms. The molecule has 0 spiro atoms. The van der Waals surface area contributed by atoms with Crippen molar-refractivity contribution in [2.45, 2.75) is 19.9 Å². The highest BCUT2D eigenvalue weighted by molar-refractivity contribution is 6.10. The molecule has 0 aliphatic carbocycles. The van der Waals surface area contributed by atoms with E-state index in [0.717, 1.165) is 11.1 Å². The molecule has 30 heavy (non-hydrogen) atoms. The van der Waals surface area contributed by atoms with Crippen LogP contribution in [0.3, 0.4) is 0 Å². The summed E-state index contributed by atoms with van der Waals surface area (Å²) in [6.07, 6.45) is 0. The summed E-state index contributed by atoms with van der Waals surface area (Å²) >= 11 is 0. The molecule has 1 amide bonds. The van der Waals surface area contributed by atoms with Crippen molar-refractivity contribution in [3.63, 3.8) is 0 Å². The topological polar surface area (TPSA) is 70.8 Å². The number of aryl methyl sites for hydroxylation is 2. The number of amides is 1. The average molecular weight is 397 g/mol. The summed E-state index contributed by atoms with van der Waals surface area (Å²) in [6, 6.07) is 18.8. The van der Waals surface area contributed by atoms with Crippen LogP contribution in [0.5, 0.6) is 5.75 Å². The fourth-order valence-corrected chi connectivity index (χ4v) is 4.07. The van der Waals surface area contributed by atoms with Gasteiger partial charge in [-0.2, -0.15) is 0 Å². The molecular formula is C25H19NO4. The minimum Gasteiger partial charge on any atom is -0.508 e. The minimum absolute atomic E-state index is 0.0465. The van der Waals surface area contributed by atoms with E-state index in [2.05, 4.69) is 0 Å². The van der Waals surface area contributed by atoms with Gasteiger partial charge in [0.15, 0.2) is 5.43 Å². The maximum Gasteiger partial charge on any atom is 0.295 e. The van der Waals surface area contributed by atoms with Gasteiger partial charge in [0, 0.05) is 5.69 Å². The highest BCUT2D eigenvalue weighted by atomic mass is 16.3. The molecule has 3 aromatic carbocycles. The van der Waals surface area contributed by atoms with Crippen LogP contribution in [0.25, 0.3) is 11.0 Å². The number of hydrogen-bond acceptors (Lipinski definition) is 4. The van der Waals surface area contributed by atoms with Crippen molar-refractivity contribution in [2.75, 3.05) is 4.90 Å². The second-order valence-corrected chi connectivity index (χ2v) is 7.68. The van der Waals surface area contributed by atoms with Gasteiger partial charge in [-0.1, -0.05) is 41.5 Å². The van der Waals surface area contributed by atoms with E-state index in [1.807, 2.05) is 44.2 Å². The number of phenolic OH excluding ortho intramolecular Hbond substituents is 1. The first kappa shape index (κ1) is 18.2. The standard InChI is InChI=1S/C25H19NO4/c1-14-6-9-17(10-7-14)26-22(16-4-3-5-18(27)13-16)21-23(28)19-12-15(2)8-11-20(19)30-24(21)25(26)29/h3-13,22,27H,1-2H3. The molecule has 1 aromatic heterocycles. The number of carbonyl (C=O) groups is 1. The third-order valence-electron chi connectivity index (χ3n) is 5.52. The highest BCUT2D eigenvalue weighted by Gasteiger charge is 2.43. The van der Waals surface area contributed by atoms with Gasteiger partial charge in [0.25, 0.3) is 5.91 Å². The molecule has 1 atom stereocenters. The maximum atomic E-state index is 13.5. The van der Waals surface area contributed by atoms with Crippen molar-refractivity contribution in [3.8, 4) is 5.75 Å². The number of anilines is 1. The van der Waals surface area contributed by atoms with Crippen molar-refractivity contribution >= 4 is 22.6 Å². The van der Waals surface area contributed by atoms with E-state index in [4.69, 9.17) is 4.42 Å². The molecule has 5 nitrogen and oxygen atoms in total. The Bertz CT molecular complexity index is 1370. The predicted molar refractivity (Wildman–Crippen MR) is 115 cm³/mol. The Labute approximate surface area is 172 Å². The second-order valence-electron chi connectivity index (χ2n) is 7.68. The largest absolute Gasteiger partial charge is 0.508 e. The third kappa shape index (κ3) is 2.70. The lowest BCUT2D eigenvalue weighted by molar-refractivity contribution is 0.0971. The van der Waals surface area contributed by atoms with Gasteiger partial charge in [-0.05, 0) is 55.8 Å². The smallest absolute Gasteiger partial charge is 0.295 e. The van der Waals surface area contributed by atoms with Gasteiger partial charge < -0.3 is 9.52 Å². The summed E-state index contributed by atoms with van der Waals surface area (Å²) in [5, 5.41) is 10.5. The number of fused-ring (bicyclic) bond motifs is 2. The molecule has 0 radical (unpaired) electrons. The molecule has 0 fully saturated rings. The predicted octanol–water partition coefficient (Wildman–Crippen LogP) is 4.87. The lowest BCUT2D eigenvalue weighted by Gasteiger charge is -2.25. The Morgan fingerprint density at radius 3 is 2.37 bits per heavy atom. The van der Waals surface area contributed by atoms with E-state index < -0.39 is 6.04 Å². The van der Waals surface area contributed by atoms with Crippen LogP contribution < -0.4 is 10.3 Å². The van der Waals surface area contributed by atoms with Crippen LogP contribution in [0, 0.1) is 13.8 Å². The van der Waals surface area contributed by atoms with Gasteiger partial charge in [-0.3, -0.25) is 14.5 Å². The Morgan fingerprint density at radius 2 is 1.63 bits per heavy atom. The van der Waals surface area contributed by atoms with Crippen LogP contribution in [0.4, 0.5) is 5.69 Å². The SMILES string of the molecule is Cc1ccc(N2C(=O)c3oc4ccc(C)cc4c(=O)c3C2c2cccc(O)c2)cc1. The number of nitrogens with zero attached hydrogens (tertiary/aromatic N) is 1. The fourth-order valence-electron chi connectivity index (χ4n) is 4.07. The zero-order chi connectivity index (χ0) is 21.0. The Morgan fingerprint density at radius 1 is 0.900 bits per heavy atom. The summed E-state index contributed by atoms with van der Waals surface area (Å²) in [5.41, 5.74) is 3.75. The monoisotopic (exact) mass is 397 g/mol. The van der Waals surface area contributed by atoms with Crippen LogP contribution in [0.2, 0.25) is 0 Å². The highest BCUT2D eigenvalue weighted by Crippen LogP contribution is 2.41. The van der Waals surface area contributed by atoms with Crippen LogP contribution in [0.1, 0.15) is 38.9 Å². The lowest BCUT2D eigenvalue weighted by Crippen LogP contribution is -2.29. The van der Waals surface area contributed by atoms with Crippen molar-refractivity contribution < 1.29 is 14.3 Å². The summed E-state index contributed by atoms with van der Waals surface area (Å²) < 4.78 is 5.96. The molecule has 1 aliphatic heterocycles. The molecular weight excluding hydrogens is 378 g/mol. The van der Waals surface area contributed by atoms with Crippen molar-refractivity contribution in [3.05, 3.63) is 105 Å². The molecule has 1 unspecified atom stereocenters. The molecule has 4 aromatic rings. The van der Waals surface area contributed by atoms with E-state index in [1.165, 1.54) is 0 Å². The first-order valence-electron chi connectivity index (χ1n) is 9.70. The van der Waals surface area contributed by atoms with Gasteiger partial charge in [-0.15, -0.1) is 0 Å². The van der Waals surface area contributed by atoms with E-state index >= 15 is 0 Å². The molecule has 0 saturated carbocycles. The van der Waals surface area contributed by atoms with Crippen LogP contribution in [-0.2, 0) is 0 Å². The van der Waals surface area contributed by atoms with Gasteiger partial charge in [0.1, 0.15) is 11.3 Å². The molecule has 148 valence electrons. The number of benzene rings is 3. The van der Waals surface area contributed by atoms with Crippen molar-refractivity contribution in [2.24, 2.45) is 0 Å². The number of rotatable bonds is 2. The summed E-state index contributed by atoms with van der Waals surface area (Å²) in [7, 11) is 0. The van der Waals surface area contributed by atoms with Crippen LogP contribution in [-0.4, -0.2) is 11.0 Å². The molecule has 5 rings (SSSR count).